The van der Waals surface area contributed by atoms with Crippen molar-refractivity contribution in [1.82, 2.24) is 0 Å². The largest absolute Gasteiger partial charge is 0.496 e. The molecule has 0 saturated carbocycles. The number of rotatable bonds is 3. The highest BCUT2D eigenvalue weighted by atomic mass is 16.5. The van der Waals surface area contributed by atoms with Gasteiger partial charge in [0.05, 0.1) is 25.9 Å². The summed E-state index contributed by atoms with van der Waals surface area (Å²) in [6.07, 6.45) is 1.55. The van der Waals surface area contributed by atoms with Gasteiger partial charge in [-0.25, -0.2) is 0 Å². The van der Waals surface area contributed by atoms with Crippen LogP contribution in [0, 0.1) is 0 Å². The third kappa shape index (κ3) is 1.43. The zero-order valence-corrected chi connectivity index (χ0v) is 9.37. The molecule has 0 spiro atoms. The van der Waals surface area contributed by atoms with Gasteiger partial charge in [0.25, 0.3) is 0 Å². The molecule has 4 nitrogen and oxygen atoms in total. The number of ketones is 1. The van der Waals surface area contributed by atoms with Gasteiger partial charge in [-0.1, -0.05) is 0 Å². The Hall–Kier alpha value is -1.97. The number of carbonyl (C=O) groups is 1. The minimum atomic E-state index is -0.100. The van der Waals surface area contributed by atoms with Gasteiger partial charge in [-0.3, -0.25) is 4.79 Å². The summed E-state index contributed by atoms with van der Waals surface area (Å²) in [5.41, 5.74) is 1.08. The van der Waals surface area contributed by atoms with Crippen LogP contribution in [-0.2, 0) is 0 Å². The first-order valence-corrected chi connectivity index (χ1v) is 4.82. The van der Waals surface area contributed by atoms with E-state index in [4.69, 9.17) is 13.9 Å². The minimum absolute atomic E-state index is 0.100. The zero-order chi connectivity index (χ0) is 11.7. The van der Waals surface area contributed by atoms with E-state index in [9.17, 15) is 4.79 Å². The third-order valence-corrected chi connectivity index (χ3v) is 2.45. The number of benzene rings is 1. The summed E-state index contributed by atoms with van der Waals surface area (Å²) in [6.45, 7) is 1.48. The molecule has 16 heavy (non-hydrogen) atoms. The van der Waals surface area contributed by atoms with E-state index in [2.05, 4.69) is 0 Å². The molecule has 0 radical (unpaired) electrons. The predicted octanol–water partition coefficient (Wildman–Crippen LogP) is 2.65. The number of hydrogen-bond acceptors (Lipinski definition) is 4. The first-order valence-electron chi connectivity index (χ1n) is 4.82. The Bertz CT molecular complexity index is 539. The van der Waals surface area contributed by atoms with E-state index in [1.807, 2.05) is 0 Å². The molecule has 0 N–H and O–H groups in total. The van der Waals surface area contributed by atoms with Crippen molar-refractivity contribution in [3.05, 3.63) is 24.0 Å². The molecule has 1 heterocycles. The molecule has 0 fully saturated rings. The van der Waals surface area contributed by atoms with Gasteiger partial charge in [-0.15, -0.1) is 0 Å². The van der Waals surface area contributed by atoms with E-state index in [1.54, 1.807) is 18.4 Å². The predicted molar refractivity (Wildman–Crippen MR) is 59.3 cm³/mol. The number of ether oxygens (including phenoxy) is 2. The fraction of sp³-hybridized carbons (Fsp3) is 0.250. The van der Waals surface area contributed by atoms with Crippen LogP contribution in [0.2, 0.25) is 0 Å². The van der Waals surface area contributed by atoms with E-state index in [0.29, 0.717) is 22.6 Å². The van der Waals surface area contributed by atoms with Crippen LogP contribution in [0.4, 0.5) is 0 Å². The number of furan rings is 1. The van der Waals surface area contributed by atoms with Crippen LogP contribution in [0.5, 0.6) is 11.5 Å². The Morgan fingerprint density at radius 2 is 2.06 bits per heavy atom. The van der Waals surface area contributed by atoms with Crippen LogP contribution in [-0.4, -0.2) is 20.0 Å². The van der Waals surface area contributed by atoms with Crippen molar-refractivity contribution in [3.8, 4) is 11.5 Å². The third-order valence-electron chi connectivity index (χ3n) is 2.45. The molecule has 2 rings (SSSR count). The number of methoxy groups -OCH3 is 2. The SMILES string of the molecule is COc1cc2occc2c(OC)c1C(C)=O. The molecule has 0 saturated heterocycles. The van der Waals surface area contributed by atoms with Crippen molar-refractivity contribution in [2.24, 2.45) is 0 Å². The van der Waals surface area contributed by atoms with Gasteiger partial charge < -0.3 is 13.9 Å². The normalized spacial score (nSPS) is 10.4. The van der Waals surface area contributed by atoms with Crippen LogP contribution in [0.1, 0.15) is 17.3 Å². The lowest BCUT2D eigenvalue weighted by Gasteiger charge is -2.11. The first kappa shape index (κ1) is 10.5. The molecule has 84 valence electrons. The van der Waals surface area contributed by atoms with Crippen LogP contribution in [0.25, 0.3) is 11.0 Å². The smallest absolute Gasteiger partial charge is 0.167 e. The molecular weight excluding hydrogens is 208 g/mol. The summed E-state index contributed by atoms with van der Waals surface area (Å²) >= 11 is 0. The average molecular weight is 220 g/mol. The topological polar surface area (TPSA) is 48.7 Å². The van der Waals surface area contributed by atoms with Crippen molar-refractivity contribution in [3.63, 3.8) is 0 Å². The van der Waals surface area contributed by atoms with E-state index >= 15 is 0 Å². The molecular formula is C12H12O4. The van der Waals surface area contributed by atoms with Crippen molar-refractivity contribution < 1.29 is 18.7 Å². The lowest BCUT2D eigenvalue weighted by atomic mass is 10.1. The summed E-state index contributed by atoms with van der Waals surface area (Å²) in [7, 11) is 3.03. The number of Topliss-reactive ketones (excluding diaryl/α,β-unsaturated/α-hetero) is 1. The van der Waals surface area contributed by atoms with E-state index in [-0.39, 0.29) is 5.78 Å². The Balaban J connectivity index is 2.86. The van der Waals surface area contributed by atoms with Crippen molar-refractivity contribution in [2.75, 3.05) is 14.2 Å². The van der Waals surface area contributed by atoms with Crippen LogP contribution >= 0.6 is 0 Å². The van der Waals surface area contributed by atoms with Crippen LogP contribution in [0.15, 0.2) is 22.8 Å². The summed E-state index contributed by atoms with van der Waals surface area (Å²) in [6, 6.07) is 3.45. The molecule has 0 aliphatic rings. The van der Waals surface area contributed by atoms with Crippen LogP contribution < -0.4 is 9.47 Å². The van der Waals surface area contributed by atoms with Gasteiger partial charge in [0.15, 0.2) is 5.78 Å². The first-order chi connectivity index (χ1) is 7.69. The highest BCUT2D eigenvalue weighted by molar-refractivity contribution is 6.05. The highest BCUT2D eigenvalue weighted by Crippen LogP contribution is 2.37. The maximum atomic E-state index is 11.6. The fourth-order valence-corrected chi connectivity index (χ4v) is 1.76. The van der Waals surface area contributed by atoms with E-state index < -0.39 is 0 Å². The van der Waals surface area contributed by atoms with Crippen molar-refractivity contribution in [2.45, 2.75) is 6.92 Å². The second-order valence-corrected chi connectivity index (χ2v) is 3.38. The molecule has 0 bridgehead atoms. The molecule has 1 aromatic carbocycles. The molecule has 0 aliphatic heterocycles. The lowest BCUT2D eigenvalue weighted by Crippen LogP contribution is -2.01. The summed E-state index contributed by atoms with van der Waals surface area (Å²) in [5, 5.41) is 0.772. The number of carbonyl (C=O) groups excluding carboxylic acids is 1. The van der Waals surface area contributed by atoms with E-state index in [1.165, 1.54) is 21.1 Å². The Morgan fingerprint density at radius 1 is 1.31 bits per heavy atom. The number of fused-ring (bicyclic) bond motifs is 1. The second kappa shape index (κ2) is 3.89. The minimum Gasteiger partial charge on any atom is -0.496 e. The quantitative estimate of drug-likeness (QED) is 0.746. The molecule has 0 unspecified atom stereocenters. The summed E-state index contributed by atoms with van der Waals surface area (Å²) < 4.78 is 15.7. The van der Waals surface area contributed by atoms with Crippen molar-refractivity contribution in [1.29, 1.82) is 0 Å². The Morgan fingerprint density at radius 3 is 2.62 bits per heavy atom. The van der Waals surface area contributed by atoms with Gasteiger partial charge in [-0.2, -0.15) is 0 Å². The van der Waals surface area contributed by atoms with Gasteiger partial charge in [0.1, 0.15) is 22.6 Å². The monoisotopic (exact) mass is 220 g/mol. The van der Waals surface area contributed by atoms with E-state index in [0.717, 1.165) is 5.39 Å². The molecule has 2 aromatic rings. The number of hydrogen-bond donors (Lipinski definition) is 0. The standard InChI is InChI=1S/C12H12O4/c1-7(13)11-10(14-2)6-9-8(4-5-16-9)12(11)15-3/h4-6H,1-3H3. The maximum Gasteiger partial charge on any atom is 0.167 e. The summed E-state index contributed by atoms with van der Waals surface area (Å²) in [4.78, 5) is 11.6. The fourth-order valence-electron chi connectivity index (χ4n) is 1.76. The molecule has 1 aromatic heterocycles. The van der Waals surface area contributed by atoms with Gasteiger partial charge >= 0.3 is 0 Å². The molecule has 0 aliphatic carbocycles. The summed E-state index contributed by atoms with van der Waals surface area (Å²) in [5.74, 6) is 0.860. The second-order valence-electron chi connectivity index (χ2n) is 3.38. The lowest BCUT2D eigenvalue weighted by molar-refractivity contribution is 0.101. The molecule has 0 atom stereocenters. The Labute approximate surface area is 92.8 Å². The van der Waals surface area contributed by atoms with Crippen LogP contribution in [0.3, 0.4) is 0 Å². The molecule has 0 amide bonds. The Kier molecular flexibility index (Phi) is 2.56. The highest BCUT2D eigenvalue weighted by Gasteiger charge is 2.19. The van der Waals surface area contributed by atoms with Crippen molar-refractivity contribution >= 4 is 16.8 Å². The zero-order valence-electron chi connectivity index (χ0n) is 9.37. The maximum absolute atomic E-state index is 11.6. The molecule has 4 heteroatoms. The van der Waals surface area contributed by atoms with Gasteiger partial charge in [0, 0.05) is 6.07 Å². The average Bonchev–Trinajstić information content (AvgIpc) is 2.73. The van der Waals surface area contributed by atoms with Gasteiger partial charge in [0.2, 0.25) is 0 Å². The van der Waals surface area contributed by atoms with Gasteiger partial charge in [-0.05, 0) is 13.0 Å².